The van der Waals surface area contributed by atoms with Gasteiger partial charge in [-0.25, -0.2) is 4.79 Å². The first-order chi connectivity index (χ1) is 19.0. The molecule has 0 bridgehead atoms. The standard InChI is InChI=1S/C30H31N3O7/c1-30(2,3)40-27(34)17-16-26(28(35)31-19-12-14-20(15-13-19)33(37)38)32-29(36)39-18-25-23-10-6-4-8-21(23)22-9-5-7-11-24(22)25/h4-15,25-26H,16-18H2,1-3H3,(H,31,35)(H,32,36)/t26-/m0/s1. The number of nitro benzene ring substituents is 1. The smallest absolute Gasteiger partial charge is 0.407 e. The number of hydrogen-bond donors (Lipinski definition) is 2. The van der Waals surface area contributed by atoms with E-state index in [1.807, 2.05) is 48.5 Å². The summed E-state index contributed by atoms with van der Waals surface area (Å²) in [5.74, 6) is -1.28. The Morgan fingerprint density at radius 3 is 2.05 bits per heavy atom. The lowest BCUT2D eigenvalue weighted by molar-refractivity contribution is -0.384. The Kier molecular flexibility index (Phi) is 8.47. The van der Waals surface area contributed by atoms with Crippen LogP contribution in [0.25, 0.3) is 11.1 Å². The molecule has 0 spiro atoms. The summed E-state index contributed by atoms with van der Waals surface area (Å²) >= 11 is 0. The van der Waals surface area contributed by atoms with Crippen LogP contribution in [0.4, 0.5) is 16.2 Å². The van der Waals surface area contributed by atoms with E-state index < -0.39 is 34.5 Å². The van der Waals surface area contributed by atoms with Crippen molar-refractivity contribution in [2.45, 2.75) is 51.2 Å². The highest BCUT2D eigenvalue weighted by molar-refractivity contribution is 5.97. The molecule has 1 atom stereocenters. The van der Waals surface area contributed by atoms with Crippen LogP contribution >= 0.6 is 0 Å². The summed E-state index contributed by atoms with van der Waals surface area (Å²) in [6.07, 6.45) is -0.980. The summed E-state index contributed by atoms with van der Waals surface area (Å²) < 4.78 is 10.9. The van der Waals surface area contributed by atoms with E-state index in [1.54, 1.807) is 20.8 Å². The van der Waals surface area contributed by atoms with E-state index in [0.29, 0.717) is 5.69 Å². The number of nitro groups is 1. The van der Waals surface area contributed by atoms with E-state index >= 15 is 0 Å². The van der Waals surface area contributed by atoms with E-state index in [2.05, 4.69) is 10.6 Å². The minimum atomic E-state index is -1.13. The van der Waals surface area contributed by atoms with Crippen LogP contribution in [0.1, 0.15) is 50.7 Å². The Morgan fingerprint density at radius 1 is 0.925 bits per heavy atom. The minimum Gasteiger partial charge on any atom is -0.460 e. The molecule has 0 aliphatic heterocycles. The van der Waals surface area contributed by atoms with E-state index in [1.165, 1.54) is 24.3 Å². The van der Waals surface area contributed by atoms with Crippen molar-refractivity contribution in [2.24, 2.45) is 0 Å². The van der Waals surface area contributed by atoms with Crippen LogP contribution < -0.4 is 10.6 Å². The third-order valence-corrected chi connectivity index (χ3v) is 6.36. The zero-order valence-corrected chi connectivity index (χ0v) is 22.5. The second-order valence-corrected chi connectivity index (χ2v) is 10.4. The molecule has 3 aromatic rings. The molecule has 0 aromatic heterocycles. The molecule has 2 amide bonds. The predicted octanol–water partition coefficient (Wildman–Crippen LogP) is 5.56. The number of non-ortho nitro benzene ring substituents is 1. The fourth-order valence-corrected chi connectivity index (χ4v) is 4.60. The maximum atomic E-state index is 13.1. The van der Waals surface area contributed by atoms with Gasteiger partial charge in [-0.05, 0) is 61.6 Å². The number of nitrogens with one attached hydrogen (secondary N) is 2. The molecule has 10 nitrogen and oxygen atoms in total. The molecule has 0 heterocycles. The van der Waals surface area contributed by atoms with E-state index in [0.717, 1.165) is 22.3 Å². The van der Waals surface area contributed by atoms with Crippen LogP contribution in [0.5, 0.6) is 0 Å². The number of fused-ring (bicyclic) bond motifs is 3. The maximum absolute atomic E-state index is 13.1. The SMILES string of the molecule is CC(C)(C)OC(=O)CC[C@H](NC(=O)OCC1c2ccccc2-c2ccccc21)C(=O)Nc1ccc([N+](=O)[O-])cc1. The van der Waals surface area contributed by atoms with Gasteiger partial charge in [-0.15, -0.1) is 0 Å². The van der Waals surface area contributed by atoms with Gasteiger partial charge in [-0.3, -0.25) is 19.7 Å². The number of esters is 1. The summed E-state index contributed by atoms with van der Waals surface area (Å²) in [7, 11) is 0. The Labute approximate surface area is 231 Å². The molecule has 4 rings (SSSR count). The normalized spacial score (nSPS) is 13.0. The van der Waals surface area contributed by atoms with Crippen molar-refractivity contribution < 1.29 is 28.8 Å². The molecule has 1 aliphatic rings. The highest BCUT2D eigenvalue weighted by atomic mass is 16.6. The van der Waals surface area contributed by atoms with Crippen molar-refractivity contribution in [3.05, 3.63) is 94.0 Å². The molecule has 0 saturated carbocycles. The molecule has 3 aromatic carbocycles. The number of benzene rings is 3. The second kappa shape index (κ2) is 12.0. The van der Waals surface area contributed by atoms with Gasteiger partial charge in [0.25, 0.3) is 5.69 Å². The van der Waals surface area contributed by atoms with Gasteiger partial charge < -0.3 is 20.1 Å². The van der Waals surface area contributed by atoms with Gasteiger partial charge in [0.05, 0.1) is 4.92 Å². The first-order valence-corrected chi connectivity index (χ1v) is 12.9. The zero-order chi connectivity index (χ0) is 28.9. The van der Waals surface area contributed by atoms with Crippen molar-refractivity contribution in [2.75, 3.05) is 11.9 Å². The summed E-state index contributed by atoms with van der Waals surface area (Å²) in [6.45, 7) is 5.26. The molecule has 0 unspecified atom stereocenters. The lowest BCUT2D eigenvalue weighted by atomic mass is 9.98. The van der Waals surface area contributed by atoms with E-state index in [-0.39, 0.29) is 31.1 Å². The van der Waals surface area contributed by atoms with Crippen LogP contribution in [0, 0.1) is 10.1 Å². The van der Waals surface area contributed by atoms with Gasteiger partial charge >= 0.3 is 12.1 Å². The van der Waals surface area contributed by atoms with Crippen molar-refractivity contribution in [1.82, 2.24) is 5.32 Å². The number of nitrogens with zero attached hydrogens (tertiary/aromatic N) is 1. The van der Waals surface area contributed by atoms with Gasteiger partial charge in [0.15, 0.2) is 0 Å². The summed E-state index contributed by atoms with van der Waals surface area (Å²) in [6, 6.07) is 20.0. The third-order valence-electron chi connectivity index (χ3n) is 6.36. The summed E-state index contributed by atoms with van der Waals surface area (Å²) in [5, 5.41) is 16.1. The molecule has 40 heavy (non-hydrogen) atoms. The molecule has 2 N–H and O–H groups in total. The number of carbonyl (C=O) groups is 3. The second-order valence-electron chi connectivity index (χ2n) is 10.4. The molecule has 10 heteroatoms. The predicted molar refractivity (Wildman–Crippen MR) is 149 cm³/mol. The van der Waals surface area contributed by atoms with E-state index in [4.69, 9.17) is 9.47 Å². The lowest BCUT2D eigenvalue weighted by Gasteiger charge is -2.22. The van der Waals surface area contributed by atoms with Gasteiger partial charge in [0.2, 0.25) is 5.91 Å². The third kappa shape index (κ3) is 7.02. The van der Waals surface area contributed by atoms with E-state index in [9.17, 15) is 24.5 Å². The lowest BCUT2D eigenvalue weighted by Crippen LogP contribution is -2.44. The van der Waals surface area contributed by atoms with Crippen LogP contribution in [-0.4, -0.2) is 41.1 Å². The fourth-order valence-electron chi connectivity index (χ4n) is 4.60. The topological polar surface area (TPSA) is 137 Å². The van der Waals surface area contributed by atoms with Crippen LogP contribution in [0.15, 0.2) is 72.8 Å². The summed E-state index contributed by atoms with van der Waals surface area (Å²) in [5.41, 5.74) is 3.74. The first-order valence-electron chi connectivity index (χ1n) is 12.9. The number of carbonyl (C=O) groups excluding carboxylic acids is 3. The first kappa shape index (κ1) is 28.3. The average molecular weight is 546 g/mol. The summed E-state index contributed by atoms with van der Waals surface area (Å²) in [4.78, 5) is 48.6. The highest BCUT2D eigenvalue weighted by Gasteiger charge is 2.30. The largest absolute Gasteiger partial charge is 0.460 e. The number of amides is 2. The quantitative estimate of drug-likeness (QED) is 0.204. The fraction of sp³-hybridized carbons (Fsp3) is 0.300. The molecule has 0 saturated heterocycles. The van der Waals surface area contributed by atoms with Gasteiger partial charge in [0, 0.05) is 30.2 Å². The molecule has 0 radical (unpaired) electrons. The van der Waals surface area contributed by atoms with Gasteiger partial charge in [-0.2, -0.15) is 0 Å². The van der Waals surface area contributed by atoms with Crippen LogP contribution in [0.2, 0.25) is 0 Å². The van der Waals surface area contributed by atoms with Crippen LogP contribution in [-0.2, 0) is 19.1 Å². The molecule has 0 fully saturated rings. The number of ether oxygens (including phenoxy) is 2. The number of alkyl carbamates (subject to hydrolysis) is 1. The minimum absolute atomic E-state index is 0.0437. The Bertz CT molecular complexity index is 1370. The van der Waals surface area contributed by atoms with Crippen molar-refractivity contribution >= 4 is 29.3 Å². The Morgan fingerprint density at radius 2 is 1.50 bits per heavy atom. The molecular weight excluding hydrogens is 514 g/mol. The number of hydrogen-bond acceptors (Lipinski definition) is 7. The van der Waals surface area contributed by atoms with Crippen molar-refractivity contribution in [1.29, 1.82) is 0 Å². The molecular formula is C30H31N3O7. The number of rotatable bonds is 9. The highest BCUT2D eigenvalue weighted by Crippen LogP contribution is 2.44. The molecule has 1 aliphatic carbocycles. The Hall–Kier alpha value is -4.73. The monoisotopic (exact) mass is 545 g/mol. The van der Waals surface area contributed by atoms with Crippen molar-refractivity contribution in [3.63, 3.8) is 0 Å². The van der Waals surface area contributed by atoms with Crippen molar-refractivity contribution in [3.8, 4) is 11.1 Å². The van der Waals surface area contributed by atoms with Gasteiger partial charge in [0.1, 0.15) is 18.2 Å². The van der Waals surface area contributed by atoms with Crippen LogP contribution in [0.3, 0.4) is 0 Å². The van der Waals surface area contributed by atoms with Gasteiger partial charge in [-0.1, -0.05) is 48.5 Å². The Balaban J connectivity index is 1.43. The number of anilines is 1. The maximum Gasteiger partial charge on any atom is 0.407 e. The zero-order valence-electron chi connectivity index (χ0n) is 22.5. The average Bonchev–Trinajstić information content (AvgIpc) is 3.22. The molecule has 208 valence electrons.